The summed E-state index contributed by atoms with van der Waals surface area (Å²) in [7, 11) is 0. The Morgan fingerprint density at radius 1 is 0.688 bits per heavy atom. The Bertz CT molecular complexity index is 287. The highest BCUT2D eigenvalue weighted by molar-refractivity contribution is 5.90. The number of allylic oxidation sites excluding steroid dienone is 4. The van der Waals surface area contributed by atoms with Crippen LogP contribution in [0.4, 0.5) is 0 Å². The zero-order valence-electron chi connectivity index (χ0n) is 9.78. The molecule has 0 fully saturated rings. The molecule has 0 radical (unpaired) electrons. The minimum atomic E-state index is 0.284. The van der Waals surface area contributed by atoms with E-state index in [1.165, 1.54) is 12.8 Å². The molecule has 88 valence electrons. The van der Waals surface area contributed by atoms with E-state index in [0.717, 1.165) is 38.5 Å². The van der Waals surface area contributed by atoms with Gasteiger partial charge in [0.05, 0.1) is 0 Å². The number of ketones is 2. The minimum Gasteiger partial charge on any atom is -0.295 e. The topological polar surface area (TPSA) is 34.1 Å². The summed E-state index contributed by atoms with van der Waals surface area (Å²) in [5.74, 6) is 0.584. The summed E-state index contributed by atoms with van der Waals surface area (Å²) >= 11 is 0. The number of hydrogen-bond donors (Lipinski definition) is 0. The molecule has 0 aliphatic heterocycles. The van der Waals surface area contributed by atoms with Gasteiger partial charge in [-0.05, 0) is 44.3 Å². The van der Waals surface area contributed by atoms with Crippen LogP contribution in [0.3, 0.4) is 0 Å². The van der Waals surface area contributed by atoms with Gasteiger partial charge in [0.1, 0.15) is 0 Å². The molecule has 0 amide bonds. The Labute approximate surface area is 97.4 Å². The van der Waals surface area contributed by atoms with Gasteiger partial charge in [0.25, 0.3) is 0 Å². The molecule has 0 saturated carbocycles. The van der Waals surface area contributed by atoms with Gasteiger partial charge in [0, 0.05) is 12.8 Å². The van der Waals surface area contributed by atoms with Crippen molar-refractivity contribution in [1.29, 1.82) is 0 Å². The molecule has 16 heavy (non-hydrogen) atoms. The lowest BCUT2D eigenvalue weighted by Gasteiger charge is -1.99. The zero-order valence-corrected chi connectivity index (χ0v) is 9.78. The summed E-state index contributed by atoms with van der Waals surface area (Å²) in [4.78, 5) is 21.1. The average molecular weight is 220 g/mol. The summed E-state index contributed by atoms with van der Waals surface area (Å²) in [6.07, 6.45) is 15.6. The smallest absolute Gasteiger partial charge is 0.155 e. The Morgan fingerprint density at radius 2 is 1.25 bits per heavy atom. The van der Waals surface area contributed by atoms with Crippen molar-refractivity contribution in [3.8, 4) is 0 Å². The largest absolute Gasteiger partial charge is 0.295 e. The maximum Gasteiger partial charge on any atom is 0.155 e. The van der Waals surface area contributed by atoms with E-state index in [4.69, 9.17) is 0 Å². The molecule has 2 heteroatoms. The van der Waals surface area contributed by atoms with Gasteiger partial charge in [0.2, 0.25) is 0 Å². The van der Waals surface area contributed by atoms with Crippen LogP contribution < -0.4 is 0 Å². The van der Waals surface area contributed by atoms with E-state index >= 15 is 0 Å². The number of carbonyl (C=O) groups excluding carboxylic acids is 2. The van der Waals surface area contributed by atoms with Crippen molar-refractivity contribution in [3.63, 3.8) is 0 Å². The molecule has 2 rings (SSSR count). The van der Waals surface area contributed by atoms with Crippen molar-refractivity contribution >= 4 is 11.6 Å². The summed E-state index contributed by atoms with van der Waals surface area (Å²) in [5, 5.41) is 0. The molecule has 0 aromatic rings. The average Bonchev–Trinajstić information content (AvgIpc) is 2.26. The monoisotopic (exact) mass is 220 g/mol. The predicted octanol–water partition coefficient (Wildman–Crippen LogP) is 3.37. The van der Waals surface area contributed by atoms with Crippen molar-refractivity contribution in [2.75, 3.05) is 0 Å². The van der Waals surface area contributed by atoms with Crippen LogP contribution in [-0.4, -0.2) is 11.6 Å². The van der Waals surface area contributed by atoms with Gasteiger partial charge in [-0.3, -0.25) is 9.59 Å². The molecule has 0 saturated heterocycles. The lowest BCUT2D eigenvalue weighted by atomic mass is 10.1. The molecular formula is C14H20O2. The lowest BCUT2D eigenvalue weighted by molar-refractivity contribution is -0.115. The Hall–Kier alpha value is -1.18. The van der Waals surface area contributed by atoms with Crippen LogP contribution in [0.25, 0.3) is 0 Å². The summed E-state index contributed by atoms with van der Waals surface area (Å²) < 4.78 is 0. The van der Waals surface area contributed by atoms with Crippen LogP contribution in [0, 0.1) is 0 Å². The van der Waals surface area contributed by atoms with Crippen LogP contribution in [0.5, 0.6) is 0 Å². The molecule has 0 spiro atoms. The maximum atomic E-state index is 10.7. The highest BCUT2D eigenvalue weighted by Gasteiger charge is 1.99. The van der Waals surface area contributed by atoms with Gasteiger partial charge in [0.15, 0.2) is 11.6 Å². The summed E-state index contributed by atoms with van der Waals surface area (Å²) in [6, 6.07) is 0. The van der Waals surface area contributed by atoms with E-state index in [9.17, 15) is 9.59 Å². The molecule has 0 N–H and O–H groups in total. The standard InChI is InChI=1S/C8H12O.C6H8O/c9-8-6-4-2-1-3-5-7-8;7-6-4-2-1-3-5-6/h4,6H,1-3,5,7H2;2,4H,1,3,5H2/b6-4-;. The van der Waals surface area contributed by atoms with E-state index in [1.54, 1.807) is 12.2 Å². The zero-order chi connectivity index (χ0) is 11.6. The Kier molecular flexibility index (Phi) is 6.47. The number of hydrogen-bond acceptors (Lipinski definition) is 2. The summed E-state index contributed by atoms with van der Waals surface area (Å²) in [5.41, 5.74) is 0. The molecule has 0 atom stereocenters. The van der Waals surface area contributed by atoms with E-state index < -0.39 is 0 Å². The first-order valence-electron chi connectivity index (χ1n) is 6.18. The third-order valence-electron chi connectivity index (χ3n) is 2.70. The van der Waals surface area contributed by atoms with E-state index in [2.05, 4.69) is 0 Å². The van der Waals surface area contributed by atoms with Crippen molar-refractivity contribution in [3.05, 3.63) is 24.3 Å². The van der Waals surface area contributed by atoms with E-state index in [-0.39, 0.29) is 5.78 Å². The van der Waals surface area contributed by atoms with Crippen LogP contribution >= 0.6 is 0 Å². The normalized spacial score (nSPS) is 22.8. The second-order valence-electron chi connectivity index (χ2n) is 4.23. The Balaban J connectivity index is 0.000000165. The van der Waals surface area contributed by atoms with Crippen LogP contribution in [0.2, 0.25) is 0 Å². The van der Waals surface area contributed by atoms with Gasteiger partial charge in [-0.25, -0.2) is 0 Å². The number of carbonyl (C=O) groups is 2. The highest BCUT2D eigenvalue weighted by Crippen LogP contribution is 2.08. The van der Waals surface area contributed by atoms with Gasteiger partial charge >= 0.3 is 0 Å². The SMILES string of the molecule is O=C1/C=C\CCCCC1.O=C1C=CCCC1. The predicted molar refractivity (Wildman–Crippen MR) is 65.2 cm³/mol. The van der Waals surface area contributed by atoms with E-state index in [0.29, 0.717) is 5.78 Å². The third-order valence-corrected chi connectivity index (χ3v) is 2.70. The quantitative estimate of drug-likeness (QED) is 0.627. The van der Waals surface area contributed by atoms with Gasteiger partial charge in [-0.1, -0.05) is 18.6 Å². The van der Waals surface area contributed by atoms with Crippen LogP contribution in [-0.2, 0) is 9.59 Å². The Morgan fingerprint density at radius 3 is 1.81 bits per heavy atom. The molecule has 2 aliphatic rings. The fourth-order valence-electron chi connectivity index (χ4n) is 1.73. The minimum absolute atomic E-state index is 0.284. The van der Waals surface area contributed by atoms with E-state index in [1.807, 2.05) is 12.2 Å². The maximum absolute atomic E-state index is 10.7. The van der Waals surface area contributed by atoms with Crippen molar-refractivity contribution in [1.82, 2.24) is 0 Å². The molecule has 2 aliphatic carbocycles. The first kappa shape index (κ1) is 12.9. The molecular weight excluding hydrogens is 200 g/mol. The first-order valence-corrected chi connectivity index (χ1v) is 6.18. The van der Waals surface area contributed by atoms with Gasteiger partial charge in [-0.15, -0.1) is 0 Å². The lowest BCUT2D eigenvalue weighted by Crippen LogP contribution is -1.95. The molecule has 0 aromatic carbocycles. The summed E-state index contributed by atoms with van der Waals surface area (Å²) in [6.45, 7) is 0. The van der Waals surface area contributed by atoms with Crippen molar-refractivity contribution in [2.45, 2.75) is 51.4 Å². The molecule has 0 bridgehead atoms. The third kappa shape index (κ3) is 6.33. The van der Waals surface area contributed by atoms with Crippen LogP contribution in [0.1, 0.15) is 51.4 Å². The molecule has 2 nitrogen and oxygen atoms in total. The van der Waals surface area contributed by atoms with Crippen molar-refractivity contribution < 1.29 is 9.59 Å². The van der Waals surface area contributed by atoms with Crippen molar-refractivity contribution in [2.24, 2.45) is 0 Å². The fraction of sp³-hybridized carbons (Fsp3) is 0.571. The first-order chi connectivity index (χ1) is 7.79. The number of rotatable bonds is 0. The fourth-order valence-corrected chi connectivity index (χ4v) is 1.73. The van der Waals surface area contributed by atoms with Gasteiger partial charge in [-0.2, -0.15) is 0 Å². The molecule has 0 unspecified atom stereocenters. The highest BCUT2D eigenvalue weighted by atomic mass is 16.1. The molecule has 0 aromatic heterocycles. The van der Waals surface area contributed by atoms with Gasteiger partial charge < -0.3 is 0 Å². The molecule has 0 heterocycles. The second-order valence-corrected chi connectivity index (χ2v) is 4.23. The second kappa shape index (κ2) is 8.03. The van der Waals surface area contributed by atoms with Crippen LogP contribution in [0.15, 0.2) is 24.3 Å².